The molecular weight excluding hydrogens is 238 g/mol. The van der Waals surface area contributed by atoms with Crippen molar-refractivity contribution in [3.8, 4) is 0 Å². The van der Waals surface area contributed by atoms with E-state index in [4.69, 9.17) is 0 Å². The first kappa shape index (κ1) is 15.5. The van der Waals surface area contributed by atoms with E-state index in [1.54, 1.807) is 0 Å². The van der Waals surface area contributed by atoms with Crippen molar-refractivity contribution in [2.75, 3.05) is 0 Å². The van der Waals surface area contributed by atoms with Crippen LogP contribution >= 0.6 is 0 Å². The molecule has 0 aromatic carbocycles. The van der Waals surface area contributed by atoms with E-state index in [1.807, 2.05) is 6.92 Å². The van der Waals surface area contributed by atoms with Gasteiger partial charge in [-0.2, -0.15) is 0 Å². The Bertz CT molecular complexity index is 358. The Hall–Kier alpha value is -0.543. The van der Waals surface area contributed by atoms with E-state index in [0.717, 1.165) is 5.56 Å². The summed E-state index contributed by atoms with van der Waals surface area (Å²) in [6.45, 7) is 16.0. The summed E-state index contributed by atoms with van der Waals surface area (Å²) >= 11 is 0. The zero-order valence-corrected chi connectivity index (χ0v) is 13.9. The topological polar surface area (TPSA) is 25.2 Å². The molecule has 1 N–H and O–H groups in total. The summed E-state index contributed by atoms with van der Waals surface area (Å²) in [5.74, 6) is 0. The van der Waals surface area contributed by atoms with Crippen molar-refractivity contribution in [2.45, 2.75) is 71.2 Å². The molecule has 2 nitrogen and oxygen atoms in total. The minimum Gasteiger partial charge on any atom is -0.389 e. The van der Waals surface area contributed by atoms with Crippen LogP contribution in [0.25, 0.3) is 0 Å². The van der Waals surface area contributed by atoms with E-state index >= 15 is 0 Å². The summed E-state index contributed by atoms with van der Waals surface area (Å²) in [4.78, 5) is 0. The van der Waals surface area contributed by atoms with Gasteiger partial charge in [0.1, 0.15) is 0 Å². The van der Waals surface area contributed by atoms with Crippen molar-refractivity contribution in [2.24, 2.45) is 0 Å². The van der Waals surface area contributed by atoms with E-state index in [9.17, 15) is 5.11 Å². The minimum absolute atomic E-state index is 0.371. The highest BCUT2D eigenvalue weighted by Gasteiger charge is 2.44. The van der Waals surface area contributed by atoms with Gasteiger partial charge < -0.3 is 9.34 Å². The predicted octanol–water partition coefficient (Wildman–Crippen LogP) is 4.57. The Morgan fingerprint density at radius 2 is 1.39 bits per heavy atom. The van der Waals surface area contributed by atoms with E-state index in [-0.39, 0.29) is 6.10 Å². The van der Waals surface area contributed by atoms with Crippen LogP contribution in [0.2, 0.25) is 16.6 Å². The Morgan fingerprint density at radius 3 is 1.67 bits per heavy atom. The molecule has 1 atom stereocenters. The lowest BCUT2D eigenvalue weighted by atomic mass is 10.2. The van der Waals surface area contributed by atoms with Crippen LogP contribution in [-0.2, 0) is 0 Å². The molecule has 1 aromatic heterocycles. The second-order valence-corrected chi connectivity index (χ2v) is 12.1. The number of nitrogens with zero attached hydrogens (tertiary/aromatic N) is 1. The highest BCUT2D eigenvalue weighted by Crippen LogP contribution is 2.42. The number of rotatable bonds is 5. The highest BCUT2D eigenvalue weighted by molar-refractivity contribution is 6.82. The van der Waals surface area contributed by atoms with Gasteiger partial charge in [-0.25, -0.2) is 0 Å². The van der Waals surface area contributed by atoms with Gasteiger partial charge in [-0.05, 0) is 41.4 Å². The second kappa shape index (κ2) is 5.62. The first-order chi connectivity index (χ1) is 8.24. The van der Waals surface area contributed by atoms with Crippen LogP contribution in [0.4, 0.5) is 0 Å². The van der Waals surface area contributed by atoms with E-state index in [2.05, 4.69) is 64.2 Å². The molecular formula is C15H29NOSi. The predicted molar refractivity (Wildman–Crippen MR) is 81.5 cm³/mol. The van der Waals surface area contributed by atoms with Gasteiger partial charge in [0.15, 0.2) is 8.24 Å². The van der Waals surface area contributed by atoms with Crippen LogP contribution in [0.5, 0.6) is 0 Å². The molecule has 104 valence electrons. The fourth-order valence-corrected chi connectivity index (χ4v) is 10.3. The normalized spacial score (nSPS) is 14.8. The van der Waals surface area contributed by atoms with Crippen molar-refractivity contribution in [3.63, 3.8) is 0 Å². The molecule has 0 bridgehead atoms. The van der Waals surface area contributed by atoms with Crippen molar-refractivity contribution < 1.29 is 5.11 Å². The van der Waals surface area contributed by atoms with Crippen LogP contribution in [0.3, 0.4) is 0 Å². The van der Waals surface area contributed by atoms with E-state index in [1.165, 1.54) is 0 Å². The minimum atomic E-state index is -1.62. The molecule has 1 unspecified atom stereocenters. The van der Waals surface area contributed by atoms with Gasteiger partial charge >= 0.3 is 0 Å². The maximum atomic E-state index is 9.72. The maximum absolute atomic E-state index is 9.72. The molecule has 0 fully saturated rings. The largest absolute Gasteiger partial charge is 0.389 e. The number of hydrogen-bond donors (Lipinski definition) is 1. The monoisotopic (exact) mass is 267 g/mol. The Morgan fingerprint density at radius 1 is 0.944 bits per heavy atom. The molecule has 0 amide bonds. The molecule has 0 saturated carbocycles. The quantitative estimate of drug-likeness (QED) is 0.777. The molecule has 18 heavy (non-hydrogen) atoms. The average molecular weight is 267 g/mol. The van der Waals surface area contributed by atoms with Crippen LogP contribution in [0.1, 0.15) is 60.1 Å². The lowest BCUT2D eigenvalue weighted by Crippen LogP contribution is -2.51. The molecule has 0 aliphatic rings. The maximum Gasteiger partial charge on any atom is 0.168 e. The lowest BCUT2D eigenvalue weighted by Gasteiger charge is -2.44. The zero-order valence-electron chi connectivity index (χ0n) is 12.9. The fraction of sp³-hybridized carbons (Fsp3) is 0.733. The molecule has 0 aliphatic heterocycles. The standard InChI is InChI=1S/C15H29NOSi/c1-11(2)18(12(3)4,13(5)6)16-9-8-15(10-16)14(7)17/h8-14,17H,1-7H3. The number of aromatic nitrogens is 1. The van der Waals surface area contributed by atoms with Gasteiger partial charge in [0.25, 0.3) is 0 Å². The molecule has 0 radical (unpaired) electrons. The smallest absolute Gasteiger partial charge is 0.168 e. The van der Waals surface area contributed by atoms with Crippen LogP contribution in [-0.4, -0.2) is 17.6 Å². The average Bonchev–Trinajstić information content (AvgIpc) is 2.66. The van der Waals surface area contributed by atoms with Crippen LogP contribution in [0.15, 0.2) is 18.5 Å². The fourth-order valence-electron chi connectivity index (χ4n) is 3.80. The Labute approximate surface area is 113 Å². The van der Waals surface area contributed by atoms with E-state index in [0.29, 0.717) is 16.6 Å². The lowest BCUT2D eigenvalue weighted by molar-refractivity contribution is 0.199. The third-order valence-electron chi connectivity index (χ3n) is 4.42. The first-order valence-corrected chi connectivity index (χ1v) is 9.28. The number of hydrogen-bond acceptors (Lipinski definition) is 1. The van der Waals surface area contributed by atoms with Crippen molar-refractivity contribution in [3.05, 3.63) is 24.0 Å². The second-order valence-electron chi connectivity index (χ2n) is 6.38. The summed E-state index contributed by atoms with van der Waals surface area (Å²) in [5, 5.41) is 9.72. The summed E-state index contributed by atoms with van der Waals surface area (Å²) < 4.78 is 2.47. The van der Waals surface area contributed by atoms with Crippen LogP contribution < -0.4 is 0 Å². The molecule has 1 heterocycles. The number of aliphatic hydroxyl groups excluding tert-OH is 1. The van der Waals surface area contributed by atoms with Gasteiger partial charge in [-0.3, -0.25) is 0 Å². The Balaban J connectivity index is 3.33. The van der Waals surface area contributed by atoms with Crippen LogP contribution in [0, 0.1) is 0 Å². The molecule has 1 aromatic rings. The summed E-state index contributed by atoms with van der Waals surface area (Å²) in [6, 6.07) is 2.07. The van der Waals surface area contributed by atoms with Gasteiger partial charge in [-0.1, -0.05) is 41.5 Å². The van der Waals surface area contributed by atoms with E-state index < -0.39 is 8.24 Å². The summed E-state index contributed by atoms with van der Waals surface area (Å²) in [5.41, 5.74) is 3.10. The third-order valence-corrected chi connectivity index (χ3v) is 11.1. The molecule has 0 saturated heterocycles. The molecule has 1 rings (SSSR count). The third kappa shape index (κ3) is 2.43. The SMILES string of the molecule is CC(O)c1ccn([Si](C(C)C)(C(C)C)C(C)C)c1. The Kier molecular flexibility index (Phi) is 4.84. The van der Waals surface area contributed by atoms with Crippen molar-refractivity contribution in [1.29, 1.82) is 0 Å². The van der Waals surface area contributed by atoms with Gasteiger partial charge in [-0.15, -0.1) is 0 Å². The molecule has 3 heteroatoms. The summed E-state index contributed by atoms with van der Waals surface area (Å²) in [7, 11) is -1.62. The highest BCUT2D eigenvalue weighted by atomic mass is 28.3. The molecule has 0 aliphatic carbocycles. The van der Waals surface area contributed by atoms with Crippen molar-refractivity contribution in [1.82, 2.24) is 4.23 Å². The van der Waals surface area contributed by atoms with Gasteiger partial charge in [0.2, 0.25) is 0 Å². The van der Waals surface area contributed by atoms with Gasteiger partial charge in [0, 0.05) is 6.20 Å². The zero-order chi connectivity index (χ0) is 14.1. The first-order valence-electron chi connectivity index (χ1n) is 7.11. The van der Waals surface area contributed by atoms with Gasteiger partial charge in [0.05, 0.1) is 6.10 Å². The number of aliphatic hydroxyl groups is 1. The van der Waals surface area contributed by atoms with Crippen molar-refractivity contribution >= 4 is 8.24 Å². The summed E-state index contributed by atoms with van der Waals surface area (Å²) in [6.07, 6.45) is 4.00. The molecule has 0 spiro atoms.